The molecule has 0 amide bonds. The van der Waals surface area contributed by atoms with Crippen molar-refractivity contribution in [2.24, 2.45) is 34.1 Å². The van der Waals surface area contributed by atoms with Crippen molar-refractivity contribution >= 4 is 5.96 Å². The summed E-state index contributed by atoms with van der Waals surface area (Å²) < 4.78 is 10.8. The predicted molar refractivity (Wildman–Crippen MR) is 104 cm³/mol. The lowest BCUT2D eigenvalue weighted by Crippen LogP contribution is -2.53. The molecular formula is C21H37N3O2. The van der Waals surface area contributed by atoms with E-state index in [-0.39, 0.29) is 0 Å². The van der Waals surface area contributed by atoms with Crippen LogP contribution in [-0.4, -0.2) is 64.5 Å². The highest BCUT2D eigenvalue weighted by Gasteiger charge is 2.50. The van der Waals surface area contributed by atoms with Gasteiger partial charge in [-0.2, -0.15) is 0 Å². The standard InChI is InChI=1S/C21H37N3O2/c1-22-20(24-4-3-16(13-24)14-26-6-5-25-2)23-15-21-10-17-7-18(11-21)9-19(8-17)12-21/h16-19H,3-15H2,1-2H3,(H,22,23). The molecule has 26 heavy (non-hydrogen) atoms. The molecule has 1 heterocycles. The lowest BCUT2D eigenvalue weighted by Gasteiger charge is -2.57. The van der Waals surface area contributed by atoms with Gasteiger partial charge in [0, 0.05) is 39.7 Å². The normalized spacial score (nSPS) is 39.0. The van der Waals surface area contributed by atoms with E-state index < -0.39 is 0 Å². The molecule has 5 fully saturated rings. The maximum Gasteiger partial charge on any atom is 0.193 e. The molecular weight excluding hydrogens is 326 g/mol. The monoisotopic (exact) mass is 363 g/mol. The van der Waals surface area contributed by atoms with Crippen molar-refractivity contribution in [2.75, 3.05) is 53.6 Å². The third kappa shape index (κ3) is 4.04. The molecule has 0 spiro atoms. The zero-order valence-electron chi connectivity index (χ0n) is 16.7. The molecule has 4 aliphatic carbocycles. The number of hydrogen-bond donors (Lipinski definition) is 1. The lowest BCUT2D eigenvalue weighted by molar-refractivity contribution is -0.0494. The SMILES string of the molecule is CN=C(NCC12CC3CC(CC(C3)C1)C2)N1CCC(COCCOC)C1. The Labute approximate surface area is 158 Å². The van der Waals surface area contributed by atoms with E-state index in [0.717, 1.165) is 50.0 Å². The van der Waals surface area contributed by atoms with Gasteiger partial charge in [-0.05, 0) is 68.1 Å². The minimum absolute atomic E-state index is 0.563. The maximum atomic E-state index is 5.73. The lowest BCUT2D eigenvalue weighted by atomic mass is 9.49. The topological polar surface area (TPSA) is 46.1 Å². The molecule has 5 nitrogen and oxygen atoms in total. The Morgan fingerprint density at radius 3 is 2.42 bits per heavy atom. The number of rotatable bonds is 7. The van der Waals surface area contributed by atoms with Gasteiger partial charge in [0.2, 0.25) is 0 Å². The summed E-state index contributed by atoms with van der Waals surface area (Å²) in [4.78, 5) is 7.04. The molecule has 0 radical (unpaired) electrons. The highest BCUT2D eigenvalue weighted by molar-refractivity contribution is 5.80. The van der Waals surface area contributed by atoms with Crippen LogP contribution in [0.1, 0.15) is 44.9 Å². The van der Waals surface area contributed by atoms with Crippen LogP contribution in [0.3, 0.4) is 0 Å². The van der Waals surface area contributed by atoms with Gasteiger partial charge in [0.05, 0.1) is 19.8 Å². The summed E-state index contributed by atoms with van der Waals surface area (Å²) in [5.74, 6) is 4.78. The van der Waals surface area contributed by atoms with Crippen molar-refractivity contribution in [3.63, 3.8) is 0 Å². The fraction of sp³-hybridized carbons (Fsp3) is 0.952. The van der Waals surface area contributed by atoms with Crippen molar-refractivity contribution in [1.82, 2.24) is 10.2 Å². The summed E-state index contributed by atoms with van der Waals surface area (Å²) in [5.41, 5.74) is 0.563. The van der Waals surface area contributed by atoms with E-state index in [0.29, 0.717) is 24.5 Å². The fourth-order valence-electron chi connectivity index (χ4n) is 6.66. The molecule has 1 unspecified atom stereocenters. The Bertz CT molecular complexity index is 472. The molecule has 5 aliphatic rings. The molecule has 0 aromatic heterocycles. The Morgan fingerprint density at radius 2 is 1.81 bits per heavy atom. The molecule has 1 atom stereocenters. The summed E-state index contributed by atoms with van der Waals surface area (Å²) in [6, 6.07) is 0. The number of aliphatic imine (C=N–C) groups is 1. The summed E-state index contributed by atoms with van der Waals surface area (Å²) >= 11 is 0. The van der Waals surface area contributed by atoms with E-state index >= 15 is 0 Å². The summed E-state index contributed by atoms with van der Waals surface area (Å²) in [5, 5.41) is 3.78. The molecule has 0 aromatic rings. The zero-order chi connectivity index (χ0) is 18.0. The number of likely N-dealkylation sites (tertiary alicyclic amines) is 1. The first-order valence-electron chi connectivity index (χ1n) is 10.7. The van der Waals surface area contributed by atoms with E-state index in [1.807, 2.05) is 7.05 Å². The number of hydrogen-bond acceptors (Lipinski definition) is 3. The fourth-order valence-corrected chi connectivity index (χ4v) is 6.66. The molecule has 1 aliphatic heterocycles. The highest BCUT2D eigenvalue weighted by atomic mass is 16.5. The quantitative estimate of drug-likeness (QED) is 0.429. The third-order valence-electron chi connectivity index (χ3n) is 7.37. The molecule has 1 N–H and O–H groups in total. The third-order valence-corrected chi connectivity index (χ3v) is 7.37. The van der Waals surface area contributed by atoms with Crippen LogP contribution >= 0.6 is 0 Å². The van der Waals surface area contributed by atoms with E-state index in [1.165, 1.54) is 44.9 Å². The van der Waals surface area contributed by atoms with Crippen LogP contribution in [0.4, 0.5) is 0 Å². The van der Waals surface area contributed by atoms with Crippen LogP contribution in [0.25, 0.3) is 0 Å². The number of guanidine groups is 1. The Hall–Kier alpha value is -0.810. The highest BCUT2D eigenvalue weighted by Crippen LogP contribution is 2.59. The van der Waals surface area contributed by atoms with Gasteiger partial charge in [0.15, 0.2) is 5.96 Å². The average molecular weight is 364 g/mol. The zero-order valence-corrected chi connectivity index (χ0v) is 16.7. The van der Waals surface area contributed by atoms with Gasteiger partial charge in [-0.25, -0.2) is 0 Å². The van der Waals surface area contributed by atoms with Crippen molar-refractivity contribution in [2.45, 2.75) is 44.9 Å². The molecule has 5 rings (SSSR count). The van der Waals surface area contributed by atoms with Gasteiger partial charge in [-0.15, -0.1) is 0 Å². The van der Waals surface area contributed by atoms with Crippen molar-refractivity contribution in [1.29, 1.82) is 0 Å². The number of nitrogens with zero attached hydrogens (tertiary/aromatic N) is 2. The van der Waals surface area contributed by atoms with Gasteiger partial charge >= 0.3 is 0 Å². The van der Waals surface area contributed by atoms with Crippen LogP contribution in [0.5, 0.6) is 0 Å². The van der Waals surface area contributed by atoms with Gasteiger partial charge in [0.25, 0.3) is 0 Å². The average Bonchev–Trinajstić information content (AvgIpc) is 3.07. The second-order valence-electron chi connectivity index (χ2n) is 9.49. The van der Waals surface area contributed by atoms with Crippen LogP contribution < -0.4 is 5.32 Å². The van der Waals surface area contributed by atoms with E-state index in [2.05, 4.69) is 15.2 Å². The largest absolute Gasteiger partial charge is 0.382 e. The Morgan fingerprint density at radius 1 is 1.12 bits per heavy atom. The summed E-state index contributed by atoms with van der Waals surface area (Å²) in [6.45, 7) is 5.52. The van der Waals surface area contributed by atoms with Crippen LogP contribution in [0.2, 0.25) is 0 Å². The van der Waals surface area contributed by atoms with E-state index in [1.54, 1.807) is 7.11 Å². The first-order valence-corrected chi connectivity index (χ1v) is 10.7. The van der Waals surface area contributed by atoms with Crippen molar-refractivity contribution in [3.05, 3.63) is 0 Å². The molecule has 1 saturated heterocycles. The number of ether oxygens (including phenoxy) is 2. The van der Waals surface area contributed by atoms with E-state index in [9.17, 15) is 0 Å². The van der Waals surface area contributed by atoms with Crippen LogP contribution in [-0.2, 0) is 9.47 Å². The minimum atomic E-state index is 0.563. The maximum absolute atomic E-state index is 5.73. The molecule has 148 valence electrons. The predicted octanol–water partition coefficient (Wildman–Crippen LogP) is 2.76. The van der Waals surface area contributed by atoms with E-state index in [4.69, 9.17) is 9.47 Å². The molecule has 5 heteroatoms. The minimum Gasteiger partial charge on any atom is -0.382 e. The summed E-state index contributed by atoms with van der Waals surface area (Å²) in [6.07, 6.45) is 10.1. The van der Waals surface area contributed by atoms with Crippen LogP contribution in [0.15, 0.2) is 4.99 Å². The number of nitrogens with one attached hydrogen (secondary N) is 1. The van der Waals surface area contributed by atoms with Gasteiger partial charge in [-0.3, -0.25) is 4.99 Å². The number of methoxy groups -OCH3 is 1. The van der Waals surface area contributed by atoms with Gasteiger partial charge < -0.3 is 19.7 Å². The smallest absolute Gasteiger partial charge is 0.193 e. The second kappa shape index (κ2) is 8.05. The molecule has 4 bridgehead atoms. The van der Waals surface area contributed by atoms with Crippen molar-refractivity contribution in [3.8, 4) is 0 Å². The van der Waals surface area contributed by atoms with Gasteiger partial charge in [-0.1, -0.05) is 0 Å². The second-order valence-corrected chi connectivity index (χ2v) is 9.49. The first-order chi connectivity index (χ1) is 12.7. The molecule has 4 saturated carbocycles. The Balaban J connectivity index is 1.25. The van der Waals surface area contributed by atoms with Crippen molar-refractivity contribution < 1.29 is 9.47 Å². The van der Waals surface area contributed by atoms with Crippen LogP contribution in [0, 0.1) is 29.1 Å². The first kappa shape index (κ1) is 18.5. The summed E-state index contributed by atoms with van der Waals surface area (Å²) in [7, 11) is 3.66. The van der Waals surface area contributed by atoms with Gasteiger partial charge in [0.1, 0.15) is 0 Å². The Kier molecular flexibility index (Phi) is 5.75. The molecule has 0 aromatic carbocycles.